The topological polar surface area (TPSA) is 84.4 Å². The van der Waals surface area contributed by atoms with Gasteiger partial charge in [0.25, 0.3) is 0 Å². The van der Waals surface area contributed by atoms with Crippen molar-refractivity contribution in [3.8, 4) is 23.8 Å². The lowest BCUT2D eigenvalue weighted by Crippen LogP contribution is -2.01. The summed E-state index contributed by atoms with van der Waals surface area (Å²) in [6, 6.07) is 10.7. The molecule has 1 heterocycles. The van der Waals surface area contributed by atoms with Crippen LogP contribution in [0.5, 0.6) is 11.5 Å². The number of fused-ring (bicyclic) bond motifs is 1. The maximum absolute atomic E-state index is 11.8. The lowest BCUT2D eigenvalue weighted by molar-refractivity contribution is -0.131. The molecular formula is C21H17ClN2O4S. The standard InChI is InChI=1S/C21H17ClN2O4S/c1-3-9-28-19-14(22)10-13(11-17(19)27-4-2)12-18(20(25)26)29-21-23-15-7-5-6-8-16(15)24-21/h1,5-8,10-12H,4,9H2,2H3,(H,23,24)(H,25,26)/b18-12-. The van der Waals surface area contributed by atoms with Crippen molar-refractivity contribution in [3.63, 3.8) is 0 Å². The third kappa shape index (κ3) is 5.05. The molecule has 3 aromatic rings. The summed E-state index contributed by atoms with van der Waals surface area (Å²) >= 11 is 7.32. The fourth-order valence-corrected chi connectivity index (χ4v) is 3.63. The number of aromatic nitrogens is 2. The summed E-state index contributed by atoms with van der Waals surface area (Å²) in [5.41, 5.74) is 2.14. The van der Waals surface area contributed by atoms with Crippen LogP contribution in [0.2, 0.25) is 5.02 Å². The van der Waals surface area contributed by atoms with Crippen LogP contribution in [-0.2, 0) is 4.79 Å². The van der Waals surface area contributed by atoms with Crippen LogP contribution in [0.15, 0.2) is 46.5 Å². The zero-order chi connectivity index (χ0) is 20.8. The average molecular weight is 429 g/mol. The molecule has 0 unspecified atom stereocenters. The maximum atomic E-state index is 11.8. The van der Waals surface area contributed by atoms with Crippen molar-refractivity contribution < 1.29 is 19.4 Å². The van der Waals surface area contributed by atoms with Gasteiger partial charge in [0.1, 0.15) is 11.5 Å². The van der Waals surface area contributed by atoms with E-state index >= 15 is 0 Å². The Kier molecular flexibility index (Phi) is 6.70. The van der Waals surface area contributed by atoms with Crippen LogP contribution < -0.4 is 9.47 Å². The molecule has 0 amide bonds. The molecule has 0 aliphatic carbocycles. The van der Waals surface area contributed by atoms with E-state index in [2.05, 4.69) is 15.9 Å². The van der Waals surface area contributed by atoms with Crippen molar-refractivity contribution >= 4 is 46.4 Å². The molecule has 2 aromatic carbocycles. The molecule has 0 aliphatic rings. The van der Waals surface area contributed by atoms with Crippen molar-refractivity contribution in [2.45, 2.75) is 12.1 Å². The zero-order valence-corrected chi connectivity index (χ0v) is 17.0. The second-order valence-corrected chi connectivity index (χ2v) is 7.17. The number of imidazole rings is 1. The molecule has 29 heavy (non-hydrogen) atoms. The van der Waals surface area contributed by atoms with Gasteiger partial charge in [-0.2, -0.15) is 0 Å². The molecule has 0 atom stereocenters. The number of thioether (sulfide) groups is 1. The molecule has 0 aliphatic heterocycles. The van der Waals surface area contributed by atoms with Gasteiger partial charge in [-0.15, -0.1) is 6.42 Å². The van der Waals surface area contributed by atoms with Crippen LogP contribution in [0.3, 0.4) is 0 Å². The van der Waals surface area contributed by atoms with Crippen LogP contribution in [0.25, 0.3) is 17.1 Å². The number of H-pyrrole nitrogens is 1. The average Bonchev–Trinajstić information content (AvgIpc) is 3.09. The van der Waals surface area contributed by atoms with Crippen LogP contribution in [-0.4, -0.2) is 34.3 Å². The number of carboxylic acids is 1. The number of terminal acetylenes is 1. The van der Waals surface area contributed by atoms with E-state index in [-0.39, 0.29) is 16.5 Å². The predicted molar refractivity (Wildman–Crippen MR) is 115 cm³/mol. The Morgan fingerprint density at radius 1 is 1.38 bits per heavy atom. The summed E-state index contributed by atoms with van der Waals surface area (Å²) in [7, 11) is 0. The number of carbonyl (C=O) groups is 1. The van der Waals surface area contributed by atoms with Gasteiger partial charge in [-0.25, -0.2) is 9.78 Å². The smallest absolute Gasteiger partial charge is 0.342 e. The summed E-state index contributed by atoms with van der Waals surface area (Å²) in [6.07, 6.45) is 6.74. The number of hydrogen-bond acceptors (Lipinski definition) is 5. The first-order chi connectivity index (χ1) is 14.0. The Balaban J connectivity index is 1.95. The van der Waals surface area contributed by atoms with Gasteiger partial charge in [0, 0.05) is 0 Å². The van der Waals surface area contributed by atoms with Gasteiger partial charge < -0.3 is 19.6 Å². The highest BCUT2D eigenvalue weighted by atomic mass is 35.5. The van der Waals surface area contributed by atoms with Crippen LogP contribution >= 0.6 is 23.4 Å². The van der Waals surface area contributed by atoms with Gasteiger partial charge in [-0.05, 0) is 54.6 Å². The van der Waals surface area contributed by atoms with Crippen molar-refractivity contribution in [2.24, 2.45) is 0 Å². The van der Waals surface area contributed by atoms with Crippen molar-refractivity contribution in [1.82, 2.24) is 9.97 Å². The Hall–Kier alpha value is -3.08. The van der Waals surface area contributed by atoms with E-state index in [4.69, 9.17) is 27.5 Å². The Labute approximate surface area is 176 Å². The first kappa shape index (κ1) is 20.6. The highest BCUT2D eigenvalue weighted by molar-refractivity contribution is 8.04. The van der Waals surface area contributed by atoms with Crippen LogP contribution in [0.4, 0.5) is 0 Å². The number of halogens is 1. The fraction of sp³-hybridized carbons (Fsp3) is 0.143. The van der Waals surface area contributed by atoms with Crippen molar-refractivity contribution in [2.75, 3.05) is 13.2 Å². The van der Waals surface area contributed by atoms with Gasteiger partial charge in [-0.1, -0.05) is 29.7 Å². The monoisotopic (exact) mass is 428 g/mol. The Morgan fingerprint density at radius 2 is 2.17 bits per heavy atom. The molecule has 2 N–H and O–H groups in total. The summed E-state index contributed by atoms with van der Waals surface area (Å²) in [5.74, 6) is 2.00. The molecule has 148 valence electrons. The molecule has 6 nitrogen and oxygen atoms in total. The summed E-state index contributed by atoms with van der Waals surface area (Å²) in [6.45, 7) is 2.24. The third-order valence-electron chi connectivity index (χ3n) is 3.71. The number of ether oxygens (including phenoxy) is 2. The zero-order valence-electron chi connectivity index (χ0n) is 15.4. The molecule has 0 saturated carbocycles. The second kappa shape index (κ2) is 9.41. The number of hydrogen-bond donors (Lipinski definition) is 2. The number of nitrogens with zero attached hydrogens (tertiary/aromatic N) is 1. The van der Waals surface area contributed by atoms with E-state index in [1.54, 1.807) is 12.1 Å². The van der Waals surface area contributed by atoms with Gasteiger partial charge >= 0.3 is 5.97 Å². The largest absolute Gasteiger partial charge is 0.490 e. The first-order valence-electron chi connectivity index (χ1n) is 8.62. The van der Waals surface area contributed by atoms with Crippen LogP contribution in [0, 0.1) is 12.3 Å². The van der Waals surface area contributed by atoms with Gasteiger partial charge in [0.05, 0.1) is 22.7 Å². The quantitative estimate of drug-likeness (QED) is 0.303. The predicted octanol–water partition coefficient (Wildman–Crippen LogP) is 4.84. The van der Waals surface area contributed by atoms with Crippen molar-refractivity contribution in [3.05, 3.63) is 51.9 Å². The Morgan fingerprint density at radius 3 is 2.86 bits per heavy atom. The number of para-hydroxylation sites is 2. The summed E-state index contributed by atoms with van der Waals surface area (Å²) in [5, 5.41) is 10.4. The van der Waals surface area contributed by atoms with E-state index in [0.717, 1.165) is 22.8 Å². The molecule has 0 radical (unpaired) electrons. The molecule has 1 aromatic heterocycles. The van der Waals surface area contributed by atoms with E-state index in [1.165, 1.54) is 6.08 Å². The van der Waals surface area contributed by atoms with E-state index in [0.29, 0.717) is 28.8 Å². The van der Waals surface area contributed by atoms with Gasteiger partial charge in [0.2, 0.25) is 0 Å². The van der Waals surface area contributed by atoms with E-state index in [9.17, 15) is 9.90 Å². The SMILES string of the molecule is C#CCOc1c(Cl)cc(/C=C(\Sc2nc3ccccc3[nH]2)C(=O)O)cc1OCC. The van der Waals surface area contributed by atoms with E-state index in [1.807, 2.05) is 31.2 Å². The normalized spacial score (nSPS) is 11.3. The fourth-order valence-electron chi connectivity index (χ4n) is 2.56. The molecular weight excluding hydrogens is 412 g/mol. The number of rotatable bonds is 8. The number of aliphatic carboxylic acids is 1. The molecule has 0 spiro atoms. The Bertz CT molecular complexity index is 1080. The number of benzene rings is 2. The number of carboxylic acid groups (broad SMARTS) is 1. The summed E-state index contributed by atoms with van der Waals surface area (Å²) < 4.78 is 11.0. The molecule has 0 bridgehead atoms. The minimum atomic E-state index is -1.09. The highest BCUT2D eigenvalue weighted by Gasteiger charge is 2.16. The summed E-state index contributed by atoms with van der Waals surface area (Å²) in [4.78, 5) is 19.4. The number of aromatic amines is 1. The van der Waals surface area contributed by atoms with E-state index < -0.39 is 5.97 Å². The highest BCUT2D eigenvalue weighted by Crippen LogP contribution is 2.38. The van der Waals surface area contributed by atoms with Gasteiger partial charge in [-0.3, -0.25) is 0 Å². The van der Waals surface area contributed by atoms with Gasteiger partial charge in [0.15, 0.2) is 16.7 Å². The first-order valence-corrected chi connectivity index (χ1v) is 9.81. The maximum Gasteiger partial charge on any atom is 0.342 e. The van der Waals surface area contributed by atoms with Crippen LogP contribution in [0.1, 0.15) is 12.5 Å². The minimum Gasteiger partial charge on any atom is -0.490 e. The lowest BCUT2D eigenvalue weighted by atomic mass is 10.2. The number of nitrogens with one attached hydrogen (secondary N) is 1. The third-order valence-corrected chi connectivity index (χ3v) is 4.89. The molecule has 3 rings (SSSR count). The van der Waals surface area contributed by atoms with Crippen molar-refractivity contribution in [1.29, 1.82) is 0 Å². The second-order valence-electron chi connectivity index (χ2n) is 5.73. The molecule has 8 heteroatoms. The lowest BCUT2D eigenvalue weighted by Gasteiger charge is -2.13. The minimum absolute atomic E-state index is 0.0389. The molecule has 0 saturated heterocycles. The molecule has 0 fully saturated rings.